The second-order valence-corrected chi connectivity index (χ2v) is 10.6. The number of hydrogen-bond donors (Lipinski definition) is 1. The van der Waals surface area contributed by atoms with Crippen LogP contribution in [0.3, 0.4) is 0 Å². The summed E-state index contributed by atoms with van der Waals surface area (Å²) in [6.45, 7) is 12.5. The summed E-state index contributed by atoms with van der Waals surface area (Å²) in [4.78, 5) is 13.6. The largest absolute Gasteiger partial charge is 0.417 e. The van der Waals surface area contributed by atoms with Gasteiger partial charge in [-0.3, -0.25) is 0 Å². The fourth-order valence-electron chi connectivity index (χ4n) is 2.81. The molecule has 0 aromatic carbocycles. The van der Waals surface area contributed by atoms with Crippen LogP contribution in [0.2, 0.25) is 18.6 Å². The van der Waals surface area contributed by atoms with Gasteiger partial charge < -0.3 is 14.6 Å². The highest BCUT2D eigenvalue weighted by molar-refractivity contribution is 6.72. The van der Waals surface area contributed by atoms with Crippen LogP contribution in [0, 0.1) is 0 Å². The van der Waals surface area contributed by atoms with E-state index in [1.165, 1.54) is 19.3 Å². The molecule has 1 N–H and O–H groups in total. The molecule has 1 aliphatic rings. The lowest BCUT2D eigenvalue weighted by molar-refractivity contribution is 0.215. The van der Waals surface area contributed by atoms with Gasteiger partial charge in [-0.05, 0) is 31.5 Å². The Hall–Kier alpha value is -0.553. The molecule has 0 aromatic heterocycles. The number of nitrogens with one attached hydrogen (secondary N) is 1. The van der Waals surface area contributed by atoms with Crippen molar-refractivity contribution in [3.8, 4) is 0 Å². The molecule has 5 heteroatoms. The first kappa shape index (κ1) is 17.5. The Labute approximate surface area is 125 Å². The number of unbranched alkanes of at least 4 members (excludes halogenated alkanes) is 1. The summed E-state index contributed by atoms with van der Waals surface area (Å²) in [7, 11) is -1.64. The van der Waals surface area contributed by atoms with Crippen molar-refractivity contribution in [1.82, 2.24) is 10.2 Å². The van der Waals surface area contributed by atoms with Crippen molar-refractivity contribution in [2.45, 2.75) is 64.6 Å². The standard InChI is InChI=1S/C15H32N2O2Si/c1-5-7-8-14(20(3,4)19-13-6-2)9-11-17-12-10-16-15(17)18/h14H,5-13H2,1-4H3,(H,16,18). The van der Waals surface area contributed by atoms with Crippen molar-refractivity contribution < 1.29 is 9.22 Å². The molecule has 0 radical (unpaired) electrons. The van der Waals surface area contributed by atoms with Crippen LogP contribution in [0.25, 0.3) is 0 Å². The van der Waals surface area contributed by atoms with Crippen molar-refractivity contribution in [1.29, 1.82) is 0 Å². The van der Waals surface area contributed by atoms with Crippen molar-refractivity contribution in [2.24, 2.45) is 0 Å². The molecule has 1 atom stereocenters. The molecule has 0 aromatic rings. The van der Waals surface area contributed by atoms with Gasteiger partial charge in [0.2, 0.25) is 0 Å². The van der Waals surface area contributed by atoms with Crippen molar-refractivity contribution >= 4 is 14.3 Å². The molecule has 0 bridgehead atoms. The molecule has 1 heterocycles. The first-order valence-electron chi connectivity index (χ1n) is 8.18. The lowest BCUT2D eigenvalue weighted by Crippen LogP contribution is -2.39. The molecule has 0 aliphatic carbocycles. The van der Waals surface area contributed by atoms with E-state index in [2.05, 4.69) is 32.3 Å². The predicted molar refractivity (Wildman–Crippen MR) is 86.6 cm³/mol. The maximum Gasteiger partial charge on any atom is 0.317 e. The van der Waals surface area contributed by atoms with Crippen LogP contribution in [0.4, 0.5) is 4.79 Å². The quantitative estimate of drug-likeness (QED) is 0.626. The molecule has 1 rings (SSSR count). The summed E-state index contributed by atoms with van der Waals surface area (Å²) in [6.07, 6.45) is 5.93. The van der Waals surface area contributed by atoms with E-state index < -0.39 is 8.32 Å². The zero-order valence-electron chi connectivity index (χ0n) is 13.7. The van der Waals surface area contributed by atoms with E-state index in [9.17, 15) is 4.79 Å². The fraction of sp³-hybridized carbons (Fsp3) is 0.933. The van der Waals surface area contributed by atoms with Gasteiger partial charge in [0, 0.05) is 26.2 Å². The number of carbonyl (C=O) groups excluding carboxylic acids is 1. The molecule has 4 nitrogen and oxygen atoms in total. The molecule has 1 fully saturated rings. The first-order chi connectivity index (χ1) is 9.51. The Kier molecular flexibility index (Phi) is 7.59. The minimum atomic E-state index is -1.64. The van der Waals surface area contributed by atoms with E-state index in [-0.39, 0.29) is 6.03 Å². The van der Waals surface area contributed by atoms with E-state index in [1.807, 2.05) is 4.90 Å². The molecule has 0 spiro atoms. The normalized spacial score (nSPS) is 17.4. The number of nitrogens with zero attached hydrogens (tertiary/aromatic N) is 1. The Morgan fingerprint density at radius 1 is 1.30 bits per heavy atom. The number of amides is 2. The third-order valence-corrected chi connectivity index (χ3v) is 7.75. The average molecular weight is 301 g/mol. The maximum atomic E-state index is 11.6. The Morgan fingerprint density at radius 3 is 2.60 bits per heavy atom. The van der Waals surface area contributed by atoms with E-state index >= 15 is 0 Å². The maximum absolute atomic E-state index is 11.6. The molecule has 118 valence electrons. The molecule has 0 saturated carbocycles. The molecule has 1 aliphatic heterocycles. The van der Waals surface area contributed by atoms with Gasteiger partial charge in [0.1, 0.15) is 0 Å². The molecule has 1 unspecified atom stereocenters. The first-order valence-corrected chi connectivity index (χ1v) is 11.2. The van der Waals surface area contributed by atoms with E-state index in [0.717, 1.165) is 39.1 Å². The summed E-state index contributed by atoms with van der Waals surface area (Å²) >= 11 is 0. The second-order valence-electron chi connectivity index (χ2n) is 6.30. The van der Waals surface area contributed by atoms with Gasteiger partial charge in [0.25, 0.3) is 0 Å². The average Bonchev–Trinajstić information content (AvgIpc) is 2.82. The molecule has 20 heavy (non-hydrogen) atoms. The van der Waals surface area contributed by atoms with Gasteiger partial charge in [0.05, 0.1) is 0 Å². The minimum absolute atomic E-state index is 0.105. The zero-order valence-corrected chi connectivity index (χ0v) is 14.7. The summed E-state index contributed by atoms with van der Waals surface area (Å²) in [5.74, 6) is 0. The monoisotopic (exact) mass is 300 g/mol. The molecule has 2 amide bonds. The van der Waals surface area contributed by atoms with Gasteiger partial charge in [-0.25, -0.2) is 4.79 Å². The predicted octanol–water partition coefficient (Wildman–Crippen LogP) is 3.59. The lowest BCUT2D eigenvalue weighted by Gasteiger charge is -2.33. The van der Waals surface area contributed by atoms with Crippen LogP contribution in [0.5, 0.6) is 0 Å². The Balaban J connectivity index is 2.51. The van der Waals surface area contributed by atoms with E-state index in [4.69, 9.17) is 4.43 Å². The van der Waals surface area contributed by atoms with Gasteiger partial charge in [0.15, 0.2) is 8.32 Å². The third-order valence-electron chi connectivity index (χ3n) is 4.26. The Bertz CT molecular complexity index is 298. The summed E-state index contributed by atoms with van der Waals surface area (Å²) in [5, 5.41) is 2.88. The van der Waals surface area contributed by atoms with Crippen LogP contribution in [0.15, 0.2) is 0 Å². The number of carbonyl (C=O) groups is 1. The lowest BCUT2D eigenvalue weighted by atomic mass is 10.1. The highest BCUT2D eigenvalue weighted by atomic mass is 28.4. The highest BCUT2D eigenvalue weighted by Gasteiger charge is 2.33. The number of urea groups is 1. The SMILES string of the molecule is CCCCC(CCN1CCNC1=O)[Si](C)(C)OCCC. The van der Waals surface area contributed by atoms with Gasteiger partial charge in [-0.2, -0.15) is 0 Å². The van der Waals surface area contributed by atoms with Crippen molar-refractivity contribution in [3.63, 3.8) is 0 Å². The van der Waals surface area contributed by atoms with Crippen LogP contribution in [-0.2, 0) is 4.43 Å². The third kappa shape index (κ3) is 5.44. The number of rotatable bonds is 10. The topological polar surface area (TPSA) is 41.6 Å². The summed E-state index contributed by atoms with van der Waals surface area (Å²) < 4.78 is 6.20. The fourth-order valence-corrected chi connectivity index (χ4v) is 5.50. The summed E-state index contributed by atoms with van der Waals surface area (Å²) in [6, 6.07) is 0.105. The molecular formula is C15H32N2O2Si. The Morgan fingerprint density at radius 2 is 2.05 bits per heavy atom. The van der Waals surface area contributed by atoms with Crippen molar-refractivity contribution in [2.75, 3.05) is 26.2 Å². The second kappa shape index (κ2) is 8.67. The summed E-state index contributed by atoms with van der Waals surface area (Å²) in [5.41, 5.74) is 0.655. The van der Waals surface area contributed by atoms with Crippen LogP contribution in [-0.4, -0.2) is 45.5 Å². The van der Waals surface area contributed by atoms with Crippen LogP contribution in [0.1, 0.15) is 46.0 Å². The van der Waals surface area contributed by atoms with Crippen LogP contribution >= 0.6 is 0 Å². The smallest absolute Gasteiger partial charge is 0.317 e. The van der Waals surface area contributed by atoms with E-state index in [0.29, 0.717) is 5.54 Å². The number of hydrogen-bond acceptors (Lipinski definition) is 2. The molecular weight excluding hydrogens is 268 g/mol. The highest BCUT2D eigenvalue weighted by Crippen LogP contribution is 2.32. The van der Waals surface area contributed by atoms with Gasteiger partial charge in [-0.15, -0.1) is 0 Å². The van der Waals surface area contributed by atoms with Crippen LogP contribution < -0.4 is 5.32 Å². The van der Waals surface area contributed by atoms with Gasteiger partial charge in [-0.1, -0.05) is 33.1 Å². The molecule has 1 saturated heterocycles. The minimum Gasteiger partial charge on any atom is -0.417 e. The zero-order chi connectivity index (χ0) is 15.0. The van der Waals surface area contributed by atoms with E-state index in [1.54, 1.807) is 0 Å². The van der Waals surface area contributed by atoms with Crippen molar-refractivity contribution in [3.05, 3.63) is 0 Å². The van der Waals surface area contributed by atoms with Gasteiger partial charge >= 0.3 is 6.03 Å².